The SMILES string of the molecule is Cc1cc(C(=O)CSc2nnc(NCc3ccco3)s2)c(C)n1C. The number of rotatable bonds is 7. The minimum atomic E-state index is 0.112. The number of hydrogen-bond acceptors (Lipinski definition) is 7. The smallest absolute Gasteiger partial charge is 0.206 e. The quantitative estimate of drug-likeness (QED) is 0.511. The summed E-state index contributed by atoms with van der Waals surface area (Å²) in [6, 6.07) is 5.68. The summed E-state index contributed by atoms with van der Waals surface area (Å²) in [5.74, 6) is 1.31. The monoisotopic (exact) mass is 362 g/mol. The van der Waals surface area contributed by atoms with Crippen LogP contribution in [0.4, 0.5) is 5.13 Å². The molecule has 0 aliphatic rings. The lowest BCUT2D eigenvalue weighted by Crippen LogP contribution is -2.04. The summed E-state index contributed by atoms with van der Waals surface area (Å²) in [4.78, 5) is 12.4. The van der Waals surface area contributed by atoms with Crippen molar-refractivity contribution >= 4 is 34.0 Å². The lowest BCUT2D eigenvalue weighted by molar-refractivity contribution is 0.102. The van der Waals surface area contributed by atoms with Crippen molar-refractivity contribution in [2.45, 2.75) is 24.7 Å². The highest BCUT2D eigenvalue weighted by Gasteiger charge is 2.15. The van der Waals surface area contributed by atoms with Gasteiger partial charge in [-0.3, -0.25) is 4.79 Å². The number of nitrogens with zero attached hydrogens (tertiary/aromatic N) is 3. The van der Waals surface area contributed by atoms with E-state index in [1.807, 2.05) is 43.7 Å². The van der Waals surface area contributed by atoms with Gasteiger partial charge in [-0.1, -0.05) is 23.1 Å². The summed E-state index contributed by atoms with van der Waals surface area (Å²) in [6.45, 7) is 4.53. The molecule has 0 radical (unpaired) electrons. The standard InChI is InChI=1S/C16H18N4O2S2/c1-10-7-13(11(2)20(10)3)14(21)9-23-16-19-18-15(24-16)17-8-12-5-4-6-22-12/h4-7H,8-9H2,1-3H3,(H,17,18). The third kappa shape index (κ3) is 3.70. The van der Waals surface area contributed by atoms with Crippen molar-refractivity contribution < 1.29 is 9.21 Å². The molecule has 24 heavy (non-hydrogen) atoms. The van der Waals surface area contributed by atoms with E-state index in [1.54, 1.807) is 6.26 Å². The zero-order valence-corrected chi connectivity index (χ0v) is 15.3. The van der Waals surface area contributed by atoms with Gasteiger partial charge in [0.15, 0.2) is 10.1 Å². The fraction of sp³-hybridized carbons (Fsp3) is 0.312. The number of carbonyl (C=O) groups is 1. The molecule has 0 amide bonds. The number of anilines is 1. The van der Waals surface area contributed by atoms with Gasteiger partial charge in [0.2, 0.25) is 5.13 Å². The molecule has 3 heterocycles. The van der Waals surface area contributed by atoms with Gasteiger partial charge >= 0.3 is 0 Å². The Morgan fingerprint density at radius 2 is 2.25 bits per heavy atom. The number of ketones is 1. The number of carbonyl (C=O) groups excluding carboxylic acids is 1. The van der Waals surface area contributed by atoms with Gasteiger partial charge in [0.05, 0.1) is 18.6 Å². The molecule has 0 atom stereocenters. The Labute approximate surface area is 148 Å². The second kappa shape index (κ2) is 7.23. The van der Waals surface area contributed by atoms with Gasteiger partial charge in [0.1, 0.15) is 5.76 Å². The molecule has 3 aromatic rings. The minimum absolute atomic E-state index is 0.112. The largest absolute Gasteiger partial charge is 0.467 e. The van der Waals surface area contributed by atoms with Crippen molar-refractivity contribution in [2.24, 2.45) is 7.05 Å². The molecule has 0 aromatic carbocycles. The van der Waals surface area contributed by atoms with Crippen LogP contribution in [0, 0.1) is 13.8 Å². The van der Waals surface area contributed by atoms with Gasteiger partial charge in [-0.15, -0.1) is 10.2 Å². The highest BCUT2D eigenvalue weighted by atomic mass is 32.2. The van der Waals surface area contributed by atoms with Crippen LogP contribution in [-0.2, 0) is 13.6 Å². The van der Waals surface area contributed by atoms with Crippen molar-refractivity contribution in [3.63, 3.8) is 0 Å². The van der Waals surface area contributed by atoms with E-state index in [0.29, 0.717) is 17.4 Å². The Bertz CT molecular complexity index is 837. The first-order valence-corrected chi connectivity index (χ1v) is 9.23. The van der Waals surface area contributed by atoms with E-state index in [1.165, 1.54) is 23.1 Å². The number of nitrogens with one attached hydrogen (secondary N) is 1. The average Bonchev–Trinajstić information content (AvgIpc) is 3.29. The van der Waals surface area contributed by atoms with Crippen molar-refractivity contribution in [1.29, 1.82) is 0 Å². The highest BCUT2D eigenvalue weighted by Crippen LogP contribution is 2.27. The zero-order chi connectivity index (χ0) is 17.1. The second-order valence-corrected chi connectivity index (χ2v) is 7.56. The third-order valence-electron chi connectivity index (χ3n) is 3.80. The molecule has 0 saturated heterocycles. The topological polar surface area (TPSA) is 73.0 Å². The van der Waals surface area contributed by atoms with Gasteiger partial charge < -0.3 is 14.3 Å². The zero-order valence-electron chi connectivity index (χ0n) is 13.7. The molecule has 3 aromatic heterocycles. The Morgan fingerprint density at radius 1 is 1.42 bits per heavy atom. The van der Waals surface area contributed by atoms with Crippen LogP contribution >= 0.6 is 23.1 Å². The molecule has 0 spiro atoms. The molecule has 6 nitrogen and oxygen atoms in total. The predicted molar refractivity (Wildman–Crippen MR) is 95.9 cm³/mol. The molecule has 0 saturated carbocycles. The fourth-order valence-electron chi connectivity index (χ4n) is 2.26. The first kappa shape index (κ1) is 16.8. The Morgan fingerprint density at radius 3 is 2.92 bits per heavy atom. The number of hydrogen-bond donors (Lipinski definition) is 1. The number of furan rings is 1. The molecule has 0 aliphatic heterocycles. The number of aromatic nitrogens is 3. The van der Waals surface area contributed by atoms with Gasteiger partial charge in [-0.2, -0.15) is 0 Å². The van der Waals surface area contributed by atoms with E-state index in [0.717, 1.165) is 27.1 Å². The molecule has 1 N–H and O–H groups in total. The van der Waals surface area contributed by atoms with Crippen LogP contribution < -0.4 is 5.32 Å². The van der Waals surface area contributed by atoms with E-state index in [9.17, 15) is 4.79 Å². The van der Waals surface area contributed by atoms with Crippen LogP contribution in [0.25, 0.3) is 0 Å². The van der Waals surface area contributed by atoms with Crippen LogP contribution in [0.15, 0.2) is 33.2 Å². The molecule has 8 heteroatoms. The first-order valence-electron chi connectivity index (χ1n) is 7.43. The van der Waals surface area contributed by atoms with Gasteiger partial charge in [-0.05, 0) is 32.0 Å². The van der Waals surface area contributed by atoms with E-state index in [-0.39, 0.29) is 5.78 Å². The molecule has 0 bridgehead atoms. The van der Waals surface area contributed by atoms with Crippen LogP contribution in [0.3, 0.4) is 0 Å². The molecule has 0 unspecified atom stereocenters. The number of Topliss-reactive ketones (excluding diaryl/α,β-unsaturated/α-hetero) is 1. The van der Waals surface area contributed by atoms with Crippen LogP contribution in [-0.4, -0.2) is 26.3 Å². The van der Waals surface area contributed by atoms with Crippen LogP contribution in [0.2, 0.25) is 0 Å². The summed E-state index contributed by atoms with van der Waals surface area (Å²) >= 11 is 2.85. The summed E-state index contributed by atoms with van der Waals surface area (Å²) < 4.78 is 8.06. The minimum Gasteiger partial charge on any atom is -0.467 e. The van der Waals surface area contributed by atoms with Gasteiger partial charge in [0, 0.05) is 24.0 Å². The molecular formula is C16H18N4O2S2. The molecular weight excluding hydrogens is 344 g/mol. The summed E-state index contributed by atoms with van der Waals surface area (Å²) in [5, 5.41) is 12.1. The number of thioether (sulfide) groups is 1. The van der Waals surface area contributed by atoms with Crippen molar-refractivity contribution in [1.82, 2.24) is 14.8 Å². The Hall–Kier alpha value is -2.06. The third-order valence-corrected chi connectivity index (χ3v) is 5.82. The van der Waals surface area contributed by atoms with E-state index < -0.39 is 0 Å². The first-order chi connectivity index (χ1) is 11.5. The predicted octanol–water partition coefficient (Wildman–Crippen LogP) is 3.67. The van der Waals surface area contributed by atoms with E-state index in [2.05, 4.69) is 15.5 Å². The summed E-state index contributed by atoms with van der Waals surface area (Å²) in [7, 11) is 1.97. The molecule has 3 rings (SSSR count). The molecule has 0 aliphatic carbocycles. The number of aryl methyl sites for hydroxylation is 1. The van der Waals surface area contributed by atoms with Gasteiger partial charge in [-0.25, -0.2) is 0 Å². The maximum atomic E-state index is 12.4. The maximum Gasteiger partial charge on any atom is 0.206 e. The van der Waals surface area contributed by atoms with Crippen molar-refractivity contribution in [2.75, 3.05) is 11.1 Å². The lowest BCUT2D eigenvalue weighted by Gasteiger charge is -2.01. The fourth-order valence-corrected chi connectivity index (χ4v) is 3.89. The van der Waals surface area contributed by atoms with Crippen molar-refractivity contribution in [3.05, 3.63) is 47.2 Å². The normalized spacial score (nSPS) is 11.0. The van der Waals surface area contributed by atoms with Crippen LogP contribution in [0.5, 0.6) is 0 Å². The molecule has 0 fully saturated rings. The molecule has 126 valence electrons. The van der Waals surface area contributed by atoms with E-state index >= 15 is 0 Å². The van der Waals surface area contributed by atoms with E-state index in [4.69, 9.17) is 4.42 Å². The second-order valence-electron chi connectivity index (χ2n) is 5.36. The summed E-state index contributed by atoms with van der Waals surface area (Å²) in [6.07, 6.45) is 1.64. The highest BCUT2D eigenvalue weighted by molar-refractivity contribution is 8.01. The summed E-state index contributed by atoms with van der Waals surface area (Å²) in [5.41, 5.74) is 2.86. The maximum absolute atomic E-state index is 12.4. The van der Waals surface area contributed by atoms with Gasteiger partial charge in [0.25, 0.3) is 0 Å². The Kier molecular flexibility index (Phi) is 5.06. The average molecular weight is 362 g/mol. The van der Waals surface area contributed by atoms with Crippen LogP contribution in [0.1, 0.15) is 27.5 Å². The van der Waals surface area contributed by atoms with Crippen molar-refractivity contribution in [3.8, 4) is 0 Å². The lowest BCUT2D eigenvalue weighted by atomic mass is 10.2. The Balaban J connectivity index is 1.55.